The predicted octanol–water partition coefficient (Wildman–Crippen LogP) is 4.25. The number of hydrogen-bond donors (Lipinski definition) is 1. The van der Waals surface area contributed by atoms with Gasteiger partial charge in [0.05, 0.1) is 17.4 Å². The van der Waals surface area contributed by atoms with Crippen molar-refractivity contribution in [2.75, 3.05) is 5.01 Å². The zero-order valence-corrected chi connectivity index (χ0v) is 14.4. The molecule has 1 aliphatic rings. The fourth-order valence-corrected chi connectivity index (χ4v) is 3.16. The molecular weight excluding hydrogens is 300 g/mol. The van der Waals surface area contributed by atoms with E-state index in [2.05, 4.69) is 31.1 Å². The van der Waals surface area contributed by atoms with Gasteiger partial charge in [-0.3, -0.25) is 9.80 Å². The van der Waals surface area contributed by atoms with Crippen molar-refractivity contribution in [3.63, 3.8) is 0 Å². The van der Waals surface area contributed by atoms with Gasteiger partial charge in [-0.25, -0.2) is 0 Å². The number of carboxylic acids is 1. The highest BCUT2D eigenvalue weighted by atomic mass is 16.4. The molecule has 1 aliphatic heterocycles. The minimum atomic E-state index is -0.840. The number of hydrogen-bond acceptors (Lipinski definition) is 3. The normalized spacial score (nSPS) is 20.2. The van der Waals surface area contributed by atoms with E-state index in [9.17, 15) is 9.90 Å². The van der Waals surface area contributed by atoms with Crippen LogP contribution in [0, 0.1) is 26.7 Å². The van der Waals surface area contributed by atoms with Crippen LogP contribution in [0.5, 0.6) is 0 Å². The molecule has 24 heavy (non-hydrogen) atoms. The monoisotopic (exact) mass is 322 g/mol. The lowest BCUT2D eigenvalue weighted by atomic mass is 9.90. The van der Waals surface area contributed by atoms with E-state index in [1.165, 1.54) is 11.1 Å². The Balaban J connectivity index is 2.09. The van der Waals surface area contributed by atoms with Crippen molar-refractivity contribution in [3.05, 3.63) is 64.7 Å². The Morgan fingerprint density at radius 2 is 1.67 bits per heavy atom. The molecule has 0 aromatic heterocycles. The summed E-state index contributed by atoms with van der Waals surface area (Å²) in [6.45, 7) is 7.94. The summed E-state index contributed by atoms with van der Waals surface area (Å²) < 4.78 is 0. The first kappa shape index (κ1) is 16.2. The predicted molar refractivity (Wildman–Crippen MR) is 96.5 cm³/mol. The first-order valence-electron chi connectivity index (χ1n) is 8.09. The summed E-state index contributed by atoms with van der Waals surface area (Å²) in [7, 11) is 0. The molecule has 2 atom stereocenters. The summed E-state index contributed by atoms with van der Waals surface area (Å²) >= 11 is 0. The highest BCUT2D eigenvalue weighted by molar-refractivity contribution is 6.03. The second-order valence-corrected chi connectivity index (χ2v) is 6.53. The van der Waals surface area contributed by atoms with Crippen molar-refractivity contribution in [2.45, 2.75) is 33.7 Å². The van der Waals surface area contributed by atoms with Crippen LogP contribution in [0.4, 0.5) is 5.69 Å². The summed E-state index contributed by atoms with van der Waals surface area (Å²) in [4.78, 5) is 11.9. The van der Waals surface area contributed by atoms with Crippen LogP contribution in [0.2, 0.25) is 0 Å². The van der Waals surface area contributed by atoms with Gasteiger partial charge in [-0.05, 0) is 56.5 Å². The number of carboxylic acid groups (broad SMARTS) is 1. The third-order valence-corrected chi connectivity index (χ3v) is 4.73. The van der Waals surface area contributed by atoms with Gasteiger partial charge < -0.3 is 5.11 Å². The molecule has 0 spiro atoms. The summed E-state index contributed by atoms with van der Waals surface area (Å²) in [6, 6.07) is 13.8. The minimum Gasteiger partial charge on any atom is -0.481 e. The summed E-state index contributed by atoms with van der Waals surface area (Å²) in [5, 5.41) is 16.2. The molecule has 124 valence electrons. The second-order valence-electron chi connectivity index (χ2n) is 6.53. The topological polar surface area (TPSA) is 52.9 Å². The van der Waals surface area contributed by atoms with Gasteiger partial charge in [0.25, 0.3) is 0 Å². The molecule has 1 N–H and O–H groups in total. The highest BCUT2D eigenvalue weighted by Gasteiger charge is 2.41. The van der Waals surface area contributed by atoms with Crippen LogP contribution in [-0.4, -0.2) is 16.8 Å². The van der Waals surface area contributed by atoms with Crippen molar-refractivity contribution in [1.82, 2.24) is 0 Å². The number of hydrazone groups is 1. The first-order valence-corrected chi connectivity index (χ1v) is 8.09. The average molecular weight is 322 g/mol. The maximum Gasteiger partial charge on any atom is 0.314 e. The van der Waals surface area contributed by atoms with E-state index < -0.39 is 11.9 Å². The summed E-state index contributed by atoms with van der Waals surface area (Å²) in [5.74, 6) is -1.48. The van der Waals surface area contributed by atoms with Gasteiger partial charge in [0.1, 0.15) is 5.92 Å². The van der Waals surface area contributed by atoms with Crippen LogP contribution in [-0.2, 0) is 4.79 Å². The highest BCUT2D eigenvalue weighted by Crippen LogP contribution is 2.39. The SMILES string of the molecule is CC1=NN(c2ccc(C)c(C)c2)C(c2ccc(C)cc2)C1C(=O)O. The van der Waals surface area contributed by atoms with Crippen LogP contribution in [0.3, 0.4) is 0 Å². The molecule has 2 aromatic carbocycles. The largest absolute Gasteiger partial charge is 0.481 e. The van der Waals surface area contributed by atoms with Crippen molar-refractivity contribution >= 4 is 17.4 Å². The number of aliphatic carboxylic acids is 1. The Morgan fingerprint density at radius 1 is 1.00 bits per heavy atom. The summed E-state index contributed by atoms with van der Waals surface area (Å²) in [5.41, 5.74) is 6.05. The minimum absolute atomic E-state index is 0.329. The van der Waals surface area contributed by atoms with Gasteiger partial charge >= 0.3 is 5.97 Å². The molecule has 0 amide bonds. The van der Waals surface area contributed by atoms with Crippen LogP contribution in [0.15, 0.2) is 47.6 Å². The van der Waals surface area contributed by atoms with Crippen molar-refractivity contribution in [1.29, 1.82) is 0 Å². The number of benzene rings is 2. The third kappa shape index (κ3) is 2.80. The lowest BCUT2D eigenvalue weighted by molar-refractivity contribution is -0.139. The first-order chi connectivity index (χ1) is 11.4. The Kier molecular flexibility index (Phi) is 4.14. The molecule has 4 nitrogen and oxygen atoms in total. The van der Waals surface area contributed by atoms with E-state index >= 15 is 0 Å². The molecule has 0 saturated heterocycles. The molecule has 0 radical (unpaired) electrons. The quantitative estimate of drug-likeness (QED) is 0.919. The van der Waals surface area contributed by atoms with Crippen LogP contribution in [0.25, 0.3) is 0 Å². The maximum atomic E-state index is 11.9. The van der Waals surface area contributed by atoms with Crippen LogP contribution in [0.1, 0.15) is 35.2 Å². The van der Waals surface area contributed by atoms with Gasteiger partial charge in [0.2, 0.25) is 0 Å². The zero-order valence-electron chi connectivity index (χ0n) is 14.4. The van der Waals surface area contributed by atoms with Crippen molar-refractivity contribution < 1.29 is 9.90 Å². The van der Waals surface area contributed by atoms with E-state index in [0.29, 0.717) is 5.71 Å². The second kappa shape index (κ2) is 6.11. The van der Waals surface area contributed by atoms with Crippen LogP contribution >= 0.6 is 0 Å². The molecule has 3 rings (SSSR count). The van der Waals surface area contributed by atoms with Gasteiger partial charge in [-0.1, -0.05) is 35.9 Å². The zero-order chi connectivity index (χ0) is 17.4. The molecule has 0 aliphatic carbocycles. The lowest BCUT2D eigenvalue weighted by Gasteiger charge is -2.27. The number of rotatable bonds is 3. The Hall–Kier alpha value is -2.62. The van der Waals surface area contributed by atoms with E-state index in [4.69, 9.17) is 0 Å². The maximum absolute atomic E-state index is 11.9. The molecule has 2 unspecified atom stereocenters. The molecule has 0 saturated carbocycles. The molecule has 4 heteroatoms. The molecule has 0 bridgehead atoms. The van der Waals surface area contributed by atoms with E-state index in [0.717, 1.165) is 16.8 Å². The molecule has 2 aromatic rings. The number of nitrogens with zero attached hydrogens (tertiary/aromatic N) is 2. The molecular formula is C20H22N2O2. The van der Waals surface area contributed by atoms with Gasteiger partial charge in [-0.15, -0.1) is 0 Å². The van der Waals surface area contributed by atoms with E-state index in [1.807, 2.05) is 42.3 Å². The average Bonchev–Trinajstić information content (AvgIpc) is 2.88. The Bertz CT molecular complexity index is 809. The van der Waals surface area contributed by atoms with Crippen LogP contribution < -0.4 is 5.01 Å². The molecule has 0 fully saturated rings. The third-order valence-electron chi connectivity index (χ3n) is 4.73. The smallest absolute Gasteiger partial charge is 0.314 e. The van der Waals surface area contributed by atoms with Gasteiger partial charge in [0.15, 0.2) is 0 Å². The fraction of sp³-hybridized carbons (Fsp3) is 0.300. The lowest BCUT2D eigenvalue weighted by Crippen LogP contribution is -2.30. The van der Waals surface area contributed by atoms with Crippen molar-refractivity contribution in [2.24, 2.45) is 11.0 Å². The molecule has 1 heterocycles. The van der Waals surface area contributed by atoms with E-state index in [-0.39, 0.29) is 6.04 Å². The Morgan fingerprint density at radius 3 is 2.25 bits per heavy atom. The van der Waals surface area contributed by atoms with Crippen molar-refractivity contribution in [3.8, 4) is 0 Å². The fourth-order valence-electron chi connectivity index (χ4n) is 3.16. The number of anilines is 1. The standard InChI is InChI=1S/C20H22N2O2/c1-12-5-8-16(9-6-12)19-18(20(23)24)15(4)21-22(19)17-10-7-13(2)14(3)11-17/h5-11,18-19H,1-4H3,(H,23,24). The van der Waals surface area contributed by atoms with Gasteiger partial charge in [-0.2, -0.15) is 5.10 Å². The Labute approximate surface area is 142 Å². The number of aryl methyl sites for hydroxylation is 3. The van der Waals surface area contributed by atoms with E-state index in [1.54, 1.807) is 6.92 Å². The number of carbonyl (C=O) groups is 1. The summed E-state index contributed by atoms with van der Waals surface area (Å²) in [6.07, 6.45) is 0. The van der Waals surface area contributed by atoms with Gasteiger partial charge in [0, 0.05) is 0 Å².